The van der Waals surface area contributed by atoms with Crippen molar-refractivity contribution in [3.63, 3.8) is 0 Å². The van der Waals surface area contributed by atoms with E-state index in [0.29, 0.717) is 24.5 Å². The summed E-state index contributed by atoms with van der Waals surface area (Å²) in [6.45, 7) is 7.51. The van der Waals surface area contributed by atoms with Crippen LogP contribution in [0, 0.1) is 5.92 Å². The van der Waals surface area contributed by atoms with Crippen molar-refractivity contribution >= 4 is 0 Å². The van der Waals surface area contributed by atoms with E-state index < -0.39 is 0 Å². The van der Waals surface area contributed by atoms with Crippen molar-refractivity contribution in [2.45, 2.75) is 39.3 Å². The highest BCUT2D eigenvalue weighted by Gasteiger charge is 2.20. The van der Waals surface area contributed by atoms with E-state index in [-0.39, 0.29) is 0 Å². The molecule has 0 saturated heterocycles. The van der Waals surface area contributed by atoms with Gasteiger partial charge in [-0.3, -0.25) is 4.90 Å². The molecule has 0 spiro atoms. The van der Waals surface area contributed by atoms with Crippen molar-refractivity contribution in [3.05, 3.63) is 35.9 Å². The Kier molecular flexibility index (Phi) is 5.66. The van der Waals surface area contributed by atoms with E-state index in [1.54, 1.807) is 0 Å². The maximum Gasteiger partial charge on any atom is 0.0258 e. The van der Waals surface area contributed by atoms with Crippen LogP contribution in [0.25, 0.3) is 0 Å². The summed E-state index contributed by atoms with van der Waals surface area (Å²) in [5, 5.41) is 0. The summed E-state index contributed by atoms with van der Waals surface area (Å²) >= 11 is 0. The van der Waals surface area contributed by atoms with Crippen LogP contribution >= 0.6 is 0 Å². The molecule has 0 fully saturated rings. The van der Waals surface area contributed by atoms with Gasteiger partial charge in [-0.2, -0.15) is 0 Å². The second-order valence-electron chi connectivity index (χ2n) is 5.23. The van der Waals surface area contributed by atoms with Crippen molar-refractivity contribution in [3.8, 4) is 0 Å². The number of benzene rings is 1. The quantitative estimate of drug-likeness (QED) is 0.819. The van der Waals surface area contributed by atoms with E-state index in [2.05, 4.69) is 63.1 Å². The van der Waals surface area contributed by atoms with Gasteiger partial charge in [0.05, 0.1) is 0 Å². The summed E-state index contributed by atoms with van der Waals surface area (Å²) in [7, 11) is 2.19. The van der Waals surface area contributed by atoms with Crippen LogP contribution in [0.1, 0.15) is 26.3 Å². The predicted molar refractivity (Wildman–Crippen MR) is 75.1 cm³/mol. The Hall–Kier alpha value is -0.860. The molecular formula is C15H26N2. The van der Waals surface area contributed by atoms with Gasteiger partial charge in [-0.05, 0) is 31.9 Å². The van der Waals surface area contributed by atoms with Crippen LogP contribution in [-0.2, 0) is 6.42 Å². The lowest BCUT2D eigenvalue weighted by atomic mass is 9.99. The summed E-state index contributed by atoms with van der Waals surface area (Å²) < 4.78 is 0. The summed E-state index contributed by atoms with van der Waals surface area (Å²) in [4.78, 5) is 2.41. The largest absolute Gasteiger partial charge is 0.329 e. The standard InChI is InChI=1S/C15H26N2/c1-12(2)13(3)17(4)15(11-16)10-14-8-6-5-7-9-14/h5-9,12-13,15H,10-11,16H2,1-4H3. The number of nitrogens with two attached hydrogens (primary N) is 1. The molecule has 0 saturated carbocycles. The molecule has 0 amide bonds. The van der Waals surface area contributed by atoms with E-state index in [0.717, 1.165) is 6.42 Å². The molecule has 0 aliphatic heterocycles. The molecule has 0 heterocycles. The minimum atomic E-state index is 0.426. The van der Waals surface area contributed by atoms with Crippen molar-refractivity contribution in [1.82, 2.24) is 4.90 Å². The summed E-state index contributed by atoms with van der Waals surface area (Å²) in [6, 6.07) is 11.6. The normalized spacial score (nSPS) is 15.2. The Balaban J connectivity index is 2.65. The van der Waals surface area contributed by atoms with Crippen molar-refractivity contribution < 1.29 is 0 Å². The molecular weight excluding hydrogens is 208 g/mol. The van der Waals surface area contributed by atoms with Gasteiger partial charge in [0, 0.05) is 18.6 Å². The molecule has 2 unspecified atom stereocenters. The molecule has 1 aromatic rings. The van der Waals surface area contributed by atoms with Crippen molar-refractivity contribution in [1.29, 1.82) is 0 Å². The Morgan fingerprint density at radius 1 is 1.12 bits per heavy atom. The minimum Gasteiger partial charge on any atom is -0.329 e. The molecule has 2 nitrogen and oxygen atoms in total. The topological polar surface area (TPSA) is 29.3 Å². The molecule has 2 atom stereocenters. The average Bonchev–Trinajstić information content (AvgIpc) is 2.35. The van der Waals surface area contributed by atoms with Crippen LogP contribution < -0.4 is 5.73 Å². The fourth-order valence-corrected chi connectivity index (χ4v) is 2.08. The first-order valence-electron chi connectivity index (χ1n) is 6.52. The van der Waals surface area contributed by atoms with Gasteiger partial charge in [-0.15, -0.1) is 0 Å². The van der Waals surface area contributed by atoms with Crippen LogP contribution in [0.3, 0.4) is 0 Å². The van der Waals surface area contributed by atoms with Gasteiger partial charge in [0.1, 0.15) is 0 Å². The van der Waals surface area contributed by atoms with Gasteiger partial charge in [-0.25, -0.2) is 0 Å². The summed E-state index contributed by atoms with van der Waals surface area (Å²) in [5.74, 6) is 0.657. The monoisotopic (exact) mass is 234 g/mol. The van der Waals surface area contributed by atoms with E-state index in [1.165, 1.54) is 5.56 Å². The van der Waals surface area contributed by atoms with Gasteiger partial charge >= 0.3 is 0 Å². The highest BCUT2D eigenvalue weighted by Crippen LogP contribution is 2.14. The molecule has 2 heteroatoms. The first-order valence-corrected chi connectivity index (χ1v) is 6.52. The maximum atomic E-state index is 5.92. The number of hydrogen-bond donors (Lipinski definition) is 1. The number of hydrogen-bond acceptors (Lipinski definition) is 2. The van der Waals surface area contributed by atoms with Crippen LogP contribution in [0.2, 0.25) is 0 Å². The van der Waals surface area contributed by atoms with Gasteiger partial charge in [0.15, 0.2) is 0 Å². The maximum absolute atomic E-state index is 5.92. The first kappa shape index (κ1) is 14.2. The van der Waals surface area contributed by atoms with Crippen LogP contribution in [-0.4, -0.2) is 30.6 Å². The summed E-state index contributed by atoms with van der Waals surface area (Å²) in [6.07, 6.45) is 1.03. The Morgan fingerprint density at radius 3 is 2.18 bits per heavy atom. The van der Waals surface area contributed by atoms with Gasteiger partial charge in [-0.1, -0.05) is 44.2 Å². The van der Waals surface area contributed by atoms with Crippen molar-refractivity contribution in [2.24, 2.45) is 11.7 Å². The molecule has 2 N–H and O–H groups in total. The molecule has 0 aliphatic rings. The summed E-state index contributed by atoms with van der Waals surface area (Å²) in [5.41, 5.74) is 7.28. The predicted octanol–water partition coefficient (Wildman–Crippen LogP) is 2.53. The van der Waals surface area contributed by atoms with Crippen LogP contribution in [0.4, 0.5) is 0 Å². The molecule has 96 valence electrons. The Labute approximate surface area is 106 Å². The third-order valence-electron chi connectivity index (χ3n) is 3.77. The molecule has 1 aromatic carbocycles. The van der Waals surface area contributed by atoms with Gasteiger partial charge in [0.2, 0.25) is 0 Å². The van der Waals surface area contributed by atoms with Gasteiger partial charge in [0.25, 0.3) is 0 Å². The molecule has 0 bridgehead atoms. The fourth-order valence-electron chi connectivity index (χ4n) is 2.08. The lowest BCUT2D eigenvalue weighted by Gasteiger charge is -2.34. The number of rotatable bonds is 6. The first-order chi connectivity index (χ1) is 8.06. The second-order valence-corrected chi connectivity index (χ2v) is 5.23. The highest BCUT2D eigenvalue weighted by molar-refractivity contribution is 5.16. The van der Waals surface area contributed by atoms with E-state index in [9.17, 15) is 0 Å². The zero-order valence-corrected chi connectivity index (χ0v) is 11.6. The molecule has 17 heavy (non-hydrogen) atoms. The minimum absolute atomic E-state index is 0.426. The van der Waals surface area contributed by atoms with Crippen molar-refractivity contribution in [2.75, 3.05) is 13.6 Å². The second kappa shape index (κ2) is 6.77. The number of likely N-dealkylation sites (N-methyl/N-ethyl adjacent to an activating group) is 1. The molecule has 0 aliphatic carbocycles. The lowest BCUT2D eigenvalue weighted by Crippen LogP contribution is -2.46. The average molecular weight is 234 g/mol. The third-order valence-corrected chi connectivity index (χ3v) is 3.77. The van der Waals surface area contributed by atoms with Crippen LogP contribution in [0.5, 0.6) is 0 Å². The zero-order valence-electron chi connectivity index (χ0n) is 11.6. The zero-order chi connectivity index (χ0) is 12.8. The Bertz CT molecular complexity index is 308. The lowest BCUT2D eigenvalue weighted by molar-refractivity contribution is 0.150. The third kappa shape index (κ3) is 4.14. The number of nitrogens with zero attached hydrogens (tertiary/aromatic N) is 1. The Morgan fingerprint density at radius 2 is 1.71 bits per heavy atom. The van der Waals surface area contributed by atoms with E-state index in [4.69, 9.17) is 5.73 Å². The highest BCUT2D eigenvalue weighted by atomic mass is 15.2. The van der Waals surface area contributed by atoms with Gasteiger partial charge < -0.3 is 5.73 Å². The smallest absolute Gasteiger partial charge is 0.0258 e. The fraction of sp³-hybridized carbons (Fsp3) is 0.600. The molecule has 1 rings (SSSR count). The molecule has 0 radical (unpaired) electrons. The SMILES string of the molecule is CC(C)C(C)N(C)C(CN)Cc1ccccc1. The molecule has 0 aromatic heterocycles. The van der Waals surface area contributed by atoms with E-state index >= 15 is 0 Å². The van der Waals surface area contributed by atoms with Crippen LogP contribution in [0.15, 0.2) is 30.3 Å². The van der Waals surface area contributed by atoms with E-state index in [1.807, 2.05) is 0 Å².